The van der Waals surface area contributed by atoms with Gasteiger partial charge in [0.05, 0.1) is 7.11 Å². The fraction of sp³-hybridized carbons (Fsp3) is 0.571. The minimum Gasteiger partial charge on any atom is -0.494 e. The van der Waals surface area contributed by atoms with Gasteiger partial charge in [-0.3, -0.25) is 0 Å². The van der Waals surface area contributed by atoms with E-state index in [1.165, 1.54) is 13.2 Å². The van der Waals surface area contributed by atoms with Crippen LogP contribution in [0.25, 0.3) is 0 Å². The van der Waals surface area contributed by atoms with Crippen LogP contribution in [0.1, 0.15) is 38.3 Å². The second kappa shape index (κ2) is 7.34. The molecule has 0 aliphatic heterocycles. The summed E-state index contributed by atoms with van der Waals surface area (Å²) < 4.78 is 18.5. The van der Waals surface area contributed by atoms with E-state index in [0.717, 1.165) is 18.4 Å². The fourth-order valence-electron chi connectivity index (χ4n) is 1.96. The number of hydrogen-bond donors (Lipinski definition) is 2. The van der Waals surface area contributed by atoms with Crippen LogP contribution in [0.2, 0.25) is 0 Å². The van der Waals surface area contributed by atoms with Crippen molar-refractivity contribution in [2.75, 3.05) is 13.7 Å². The highest BCUT2D eigenvalue weighted by Crippen LogP contribution is 2.22. The first kappa shape index (κ1) is 14.9. The zero-order valence-electron chi connectivity index (χ0n) is 11.2. The van der Waals surface area contributed by atoms with E-state index in [9.17, 15) is 4.39 Å². The first-order valence-electron chi connectivity index (χ1n) is 6.28. The van der Waals surface area contributed by atoms with Gasteiger partial charge >= 0.3 is 0 Å². The SMILES string of the molecule is COc1ccc(C(C)NC(C)CCCO)cc1F. The number of methoxy groups -OCH3 is 1. The van der Waals surface area contributed by atoms with Gasteiger partial charge in [0.1, 0.15) is 0 Å². The van der Waals surface area contributed by atoms with Crippen molar-refractivity contribution in [3.05, 3.63) is 29.6 Å². The Hall–Kier alpha value is -1.13. The molecular weight excluding hydrogens is 233 g/mol. The molecule has 0 fully saturated rings. The molecule has 1 aromatic rings. The molecule has 0 aliphatic carbocycles. The highest BCUT2D eigenvalue weighted by Gasteiger charge is 2.11. The van der Waals surface area contributed by atoms with Gasteiger partial charge in [-0.15, -0.1) is 0 Å². The third-order valence-corrected chi connectivity index (χ3v) is 3.01. The number of benzene rings is 1. The lowest BCUT2D eigenvalue weighted by molar-refractivity contribution is 0.274. The molecule has 2 unspecified atom stereocenters. The number of aliphatic hydroxyl groups excluding tert-OH is 1. The first-order valence-corrected chi connectivity index (χ1v) is 6.28. The lowest BCUT2D eigenvalue weighted by Crippen LogP contribution is -2.29. The van der Waals surface area contributed by atoms with Crippen LogP contribution in [0.3, 0.4) is 0 Å². The highest BCUT2D eigenvalue weighted by atomic mass is 19.1. The molecule has 0 aliphatic rings. The molecule has 2 N–H and O–H groups in total. The minimum atomic E-state index is -0.341. The number of hydrogen-bond acceptors (Lipinski definition) is 3. The van der Waals surface area contributed by atoms with Crippen molar-refractivity contribution in [1.29, 1.82) is 0 Å². The molecule has 4 heteroatoms. The Morgan fingerprint density at radius 2 is 2.11 bits per heavy atom. The Kier molecular flexibility index (Phi) is 6.09. The van der Waals surface area contributed by atoms with Gasteiger partial charge < -0.3 is 15.2 Å². The van der Waals surface area contributed by atoms with Crippen molar-refractivity contribution in [3.8, 4) is 5.75 Å². The smallest absolute Gasteiger partial charge is 0.165 e. The average Bonchev–Trinajstić information content (AvgIpc) is 2.36. The summed E-state index contributed by atoms with van der Waals surface area (Å²) in [7, 11) is 1.46. The van der Waals surface area contributed by atoms with Crippen molar-refractivity contribution in [2.45, 2.75) is 38.8 Å². The average molecular weight is 255 g/mol. The van der Waals surface area contributed by atoms with Crippen LogP contribution in [0, 0.1) is 5.82 Å². The molecule has 2 atom stereocenters. The molecule has 0 saturated heterocycles. The van der Waals surface area contributed by atoms with E-state index in [1.54, 1.807) is 6.07 Å². The summed E-state index contributed by atoms with van der Waals surface area (Å²) in [6.07, 6.45) is 1.68. The Bertz CT molecular complexity index is 371. The van der Waals surface area contributed by atoms with Gasteiger partial charge in [0.15, 0.2) is 11.6 Å². The quantitative estimate of drug-likeness (QED) is 0.787. The van der Waals surface area contributed by atoms with E-state index in [-0.39, 0.29) is 30.3 Å². The zero-order valence-corrected chi connectivity index (χ0v) is 11.2. The molecule has 0 radical (unpaired) electrons. The maximum absolute atomic E-state index is 13.6. The van der Waals surface area contributed by atoms with Crippen LogP contribution >= 0.6 is 0 Å². The molecule has 3 nitrogen and oxygen atoms in total. The molecule has 0 spiro atoms. The molecule has 1 aromatic carbocycles. The van der Waals surface area contributed by atoms with Gasteiger partial charge in [-0.2, -0.15) is 0 Å². The van der Waals surface area contributed by atoms with E-state index in [0.29, 0.717) is 0 Å². The van der Waals surface area contributed by atoms with Crippen LogP contribution in [-0.4, -0.2) is 24.9 Å². The predicted molar refractivity (Wildman–Crippen MR) is 70.3 cm³/mol. The summed E-state index contributed by atoms with van der Waals surface area (Å²) in [5.74, 6) is -0.0778. The first-order chi connectivity index (χ1) is 8.58. The molecule has 0 heterocycles. The van der Waals surface area contributed by atoms with E-state index in [2.05, 4.69) is 12.2 Å². The Labute approximate surface area is 108 Å². The van der Waals surface area contributed by atoms with Crippen LogP contribution in [0.5, 0.6) is 5.75 Å². The van der Waals surface area contributed by atoms with Crippen molar-refractivity contribution >= 4 is 0 Å². The van der Waals surface area contributed by atoms with Gasteiger partial charge in [-0.25, -0.2) is 4.39 Å². The summed E-state index contributed by atoms with van der Waals surface area (Å²) in [6, 6.07) is 5.35. The largest absolute Gasteiger partial charge is 0.494 e. The van der Waals surface area contributed by atoms with Crippen LogP contribution < -0.4 is 10.1 Å². The third-order valence-electron chi connectivity index (χ3n) is 3.01. The number of aliphatic hydroxyl groups is 1. The molecule has 0 aromatic heterocycles. The lowest BCUT2D eigenvalue weighted by atomic mass is 10.1. The third kappa shape index (κ3) is 4.27. The summed E-state index contributed by atoms with van der Waals surface area (Å²) >= 11 is 0. The number of ether oxygens (including phenoxy) is 1. The summed E-state index contributed by atoms with van der Waals surface area (Å²) in [5, 5.41) is 12.1. The van der Waals surface area contributed by atoms with Crippen molar-refractivity contribution in [1.82, 2.24) is 5.32 Å². The van der Waals surface area contributed by atoms with Gasteiger partial charge in [-0.1, -0.05) is 6.07 Å². The van der Waals surface area contributed by atoms with Crippen LogP contribution in [0.15, 0.2) is 18.2 Å². The molecule has 0 bridgehead atoms. The van der Waals surface area contributed by atoms with Gasteiger partial charge in [-0.05, 0) is 44.4 Å². The molecule has 0 amide bonds. The number of nitrogens with one attached hydrogen (secondary N) is 1. The van der Waals surface area contributed by atoms with E-state index in [1.807, 2.05) is 13.0 Å². The predicted octanol–water partition coefficient (Wildman–Crippen LogP) is 2.65. The normalized spacial score (nSPS) is 14.3. The summed E-state index contributed by atoms with van der Waals surface area (Å²) in [5.41, 5.74) is 0.893. The maximum atomic E-state index is 13.6. The van der Waals surface area contributed by atoms with E-state index >= 15 is 0 Å². The highest BCUT2D eigenvalue weighted by molar-refractivity contribution is 5.30. The van der Waals surface area contributed by atoms with Crippen LogP contribution in [0.4, 0.5) is 4.39 Å². The Morgan fingerprint density at radius 1 is 1.39 bits per heavy atom. The maximum Gasteiger partial charge on any atom is 0.165 e. The van der Waals surface area contributed by atoms with E-state index in [4.69, 9.17) is 9.84 Å². The minimum absolute atomic E-state index is 0.0686. The Balaban J connectivity index is 2.61. The molecule has 18 heavy (non-hydrogen) atoms. The van der Waals surface area contributed by atoms with Crippen molar-refractivity contribution in [2.24, 2.45) is 0 Å². The van der Waals surface area contributed by atoms with Gasteiger partial charge in [0.2, 0.25) is 0 Å². The second-order valence-corrected chi connectivity index (χ2v) is 4.55. The fourth-order valence-corrected chi connectivity index (χ4v) is 1.96. The molecule has 102 valence electrons. The van der Waals surface area contributed by atoms with Gasteiger partial charge in [0, 0.05) is 18.7 Å². The number of rotatable bonds is 7. The molecule has 0 saturated carbocycles. The molecule has 1 rings (SSSR count). The lowest BCUT2D eigenvalue weighted by Gasteiger charge is -2.20. The van der Waals surface area contributed by atoms with Gasteiger partial charge in [0.25, 0.3) is 0 Å². The number of halogens is 1. The van der Waals surface area contributed by atoms with Crippen LogP contribution in [-0.2, 0) is 0 Å². The topological polar surface area (TPSA) is 41.5 Å². The summed E-state index contributed by atoms with van der Waals surface area (Å²) in [4.78, 5) is 0. The standard InChI is InChI=1S/C14H22FNO2/c1-10(5-4-8-17)16-11(2)12-6-7-14(18-3)13(15)9-12/h6-7,9-11,16-17H,4-5,8H2,1-3H3. The monoisotopic (exact) mass is 255 g/mol. The van der Waals surface area contributed by atoms with E-state index < -0.39 is 0 Å². The summed E-state index contributed by atoms with van der Waals surface area (Å²) in [6.45, 7) is 4.26. The Morgan fingerprint density at radius 3 is 2.67 bits per heavy atom. The second-order valence-electron chi connectivity index (χ2n) is 4.55. The molecular formula is C14H22FNO2. The van der Waals surface area contributed by atoms with Crippen molar-refractivity contribution < 1.29 is 14.2 Å². The van der Waals surface area contributed by atoms with Crippen molar-refractivity contribution in [3.63, 3.8) is 0 Å². The zero-order chi connectivity index (χ0) is 13.5.